The lowest BCUT2D eigenvalue weighted by molar-refractivity contribution is 0.918. The summed E-state index contributed by atoms with van der Waals surface area (Å²) in [4.78, 5) is 2.58. The van der Waals surface area contributed by atoms with E-state index in [2.05, 4.69) is 11.4 Å². The number of nitrogens with one attached hydrogen (secondary N) is 1. The van der Waals surface area contributed by atoms with Crippen LogP contribution in [0, 0.1) is 11.3 Å². The zero-order chi connectivity index (χ0) is 15.7. The highest BCUT2D eigenvalue weighted by Crippen LogP contribution is 2.50. The van der Waals surface area contributed by atoms with Crippen LogP contribution in [0.15, 0.2) is 59.6 Å². The number of anilines is 2. The molecule has 1 aromatic carbocycles. The van der Waals surface area contributed by atoms with Crippen molar-refractivity contribution in [3.8, 4) is 6.07 Å². The molecule has 3 N–H and O–H groups in total. The number of nitrogens with two attached hydrogens (primary N) is 1. The van der Waals surface area contributed by atoms with Gasteiger partial charge >= 0.3 is 0 Å². The fraction of sp³-hybridized carbons (Fsp3) is 0.0588. The monoisotopic (exact) mass is 317 g/mol. The van der Waals surface area contributed by atoms with E-state index >= 15 is 0 Å². The number of rotatable bonds is 0. The average Bonchev–Trinajstić information content (AvgIpc) is 3.23. The van der Waals surface area contributed by atoms with Crippen LogP contribution < -0.4 is 16.0 Å². The molecule has 4 heterocycles. The summed E-state index contributed by atoms with van der Waals surface area (Å²) in [5, 5.41) is 13.2. The minimum Gasteiger partial charge on any atom is -0.384 e. The Kier molecular flexibility index (Phi) is 2.19. The third kappa shape index (κ3) is 1.33. The van der Waals surface area contributed by atoms with Crippen LogP contribution in [0.5, 0.6) is 0 Å². The van der Waals surface area contributed by atoms with Crippen molar-refractivity contribution in [2.24, 2.45) is 5.73 Å². The van der Waals surface area contributed by atoms with Crippen molar-refractivity contribution in [2.45, 2.75) is 5.92 Å². The first-order chi connectivity index (χ1) is 11.2. The molecule has 0 radical (unpaired) electrons. The first-order valence-electron chi connectivity index (χ1n) is 7.24. The maximum absolute atomic E-state index is 9.81. The third-order valence-electron chi connectivity index (χ3n) is 4.62. The van der Waals surface area contributed by atoms with E-state index in [4.69, 9.17) is 18.0 Å². The van der Waals surface area contributed by atoms with E-state index in [9.17, 15) is 5.26 Å². The van der Waals surface area contributed by atoms with Gasteiger partial charge in [-0.3, -0.25) is 4.90 Å². The van der Waals surface area contributed by atoms with Gasteiger partial charge in [-0.15, -0.1) is 0 Å². The molecule has 0 amide bonds. The van der Waals surface area contributed by atoms with E-state index in [1.165, 1.54) is 0 Å². The molecule has 23 heavy (non-hydrogen) atoms. The molecule has 0 spiro atoms. The molecule has 0 saturated carbocycles. The molecule has 5 rings (SSSR count). The quantitative estimate of drug-likeness (QED) is 0.731. The van der Waals surface area contributed by atoms with Gasteiger partial charge in [-0.2, -0.15) is 5.26 Å². The Balaban J connectivity index is 1.84. The Morgan fingerprint density at radius 3 is 2.87 bits per heavy atom. The maximum Gasteiger partial charge on any atom is 0.131 e. The van der Waals surface area contributed by atoms with Crippen LogP contribution >= 0.6 is 12.2 Å². The number of aromatic nitrogens is 1. The van der Waals surface area contributed by atoms with Crippen molar-refractivity contribution in [2.75, 3.05) is 10.2 Å². The lowest BCUT2D eigenvalue weighted by atomic mass is 9.87. The van der Waals surface area contributed by atoms with Gasteiger partial charge in [0.15, 0.2) is 0 Å². The summed E-state index contributed by atoms with van der Waals surface area (Å²) in [6, 6.07) is 14.2. The van der Waals surface area contributed by atoms with Gasteiger partial charge in [0.05, 0.1) is 28.9 Å². The van der Waals surface area contributed by atoms with Crippen LogP contribution in [0.1, 0.15) is 11.6 Å². The molecule has 110 valence electrons. The molecule has 1 unspecified atom stereocenters. The highest BCUT2D eigenvalue weighted by Gasteiger charge is 2.46. The normalized spacial score (nSPS) is 20.7. The van der Waals surface area contributed by atoms with Crippen LogP contribution in [0.2, 0.25) is 0 Å². The van der Waals surface area contributed by atoms with Crippen LogP contribution in [0.25, 0.3) is 5.82 Å². The molecule has 6 heteroatoms. The number of hydrogen-bond acceptors (Lipinski definition) is 4. The highest BCUT2D eigenvalue weighted by molar-refractivity contribution is 7.81. The van der Waals surface area contributed by atoms with Crippen molar-refractivity contribution in [1.29, 1.82) is 5.26 Å². The lowest BCUT2D eigenvalue weighted by Crippen LogP contribution is -2.36. The molecular weight excluding hydrogens is 306 g/mol. The fourth-order valence-electron chi connectivity index (χ4n) is 3.65. The zero-order valence-corrected chi connectivity index (χ0v) is 12.8. The van der Waals surface area contributed by atoms with Gasteiger partial charge in [0.25, 0.3) is 0 Å². The van der Waals surface area contributed by atoms with E-state index in [0.717, 1.165) is 28.5 Å². The number of fused-ring (bicyclic) bond motifs is 6. The van der Waals surface area contributed by atoms with Gasteiger partial charge < -0.3 is 15.6 Å². The number of allylic oxidation sites excluding steroid dienone is 1. The molecule has 5 nitrogen and oxygen atoms in total. The lowest BCUT2D eigenvalue weighted by Gasteiger charge is -2.31. The molecular formula is C17H11N5S. The standard InChI is InChI=1S/C17H11N5S/c18-8-9-13-12-6-3-7-21(12)15(19)14(13)17(23)22-11-5-2-1-4-10(11)20-16(9)22/h1-7,13,20H,19H2. The van der Waals surface area contributed by atoms with E-state index in [0.29, 0.717) is 16.4 Å². The molecule has 3 aliphatic rings. The Labute approximate surface area is 137 Å². The summed E-state index contributed by atoms with van der Waals surface area (Å²) < 4.78 is 1.91. The van der Waals surface area contributed by atoms with E-state index in [-0.39, 0.29) is 5.92 Å². The summed E-state index contributed by atoms with van der Waals surface area (Å²) in [7, 11) is 0. The third-order valence-corrected chi connectivity index (χ3v) is 5.02. The molecule has 2 aromatic rings. The predicted molar refractivity (Wildman–Crippen MR) is 92.4 cm³/mol. The van der Waals surface area contributed by atoms with Crippen molar-refractivity contribution in [3.05, 3.63) is 65.3 Å². The van der Waals surface area contributed by atoms with Crippen molar-refractivity contribution in [1.82, 2.24) is 4.57 Å². The molecule has 0 fully saturated rings. The molecule has 1 aromatic heterocycles. The second-order valence-electron chi connectivity index (χ2n) is 5.69. The molecule has 0 saturated heterocycles. The summed E-state index contributed by atoms with van der Waals surface area (Å²) in [6.07, 6.45) is 1.91. The van der Waals surface area contributed by atoms with Crippen LogP contribution in [-0.4, -0.2) is 9.56 Å². The minimum absolute atomic E-state index is 0.199. The number of nitriles is 1. The summed E-state index contributed by atoms with van der Waals surface area (Å²) in [6.45, 7) is 0. The summed E-state index contributed by atoms with van der Waals surface area (Å²) in [5.41, 5.74) is 10.7. The number of nitrogens with zero attached hydrogens (tertiary/aromatic N) is 3. The number of para-hydroxylation sites is 2. The van der Waals surface area contributed by atoms with Crippen LogP contribution in [0.3, 0.4) is 0 Å². The first-order valence-corrected chi connectivity index (χ1v) is 7.65. The maximum atomic E-state index is 9.81. The zero-order valence-electron chi connectivity index (χ0n) is 11.9. The number of hydrogen-bond donors (Lipinski definition) is 2. The summed E-state index contributed by atoms with van der Waals surface area (Å²) >= 11 is 5.74. The van der Waals surface area contributed by atoms with Crippen molar-refractivity contribution in [3.63, 3.8) is 0 Å². The van der Waals surface area contributed by atoms with Gasteiger partial charge in [-0.1, -0.05) is 24.4 Å². The van der Waals surface area contributed by atoms with E-state index in [1.807, 2.05) is 52.1 Å². The largest absolute Gasteiger partial charge is 0.384 e. The minimum atomic E-state index is -0.199. The molecule has 1 atom stereocenters. The number of thiocarbonyl (C=S) groups is 1. The second-order valence-corrected chi connectivity index (χ2v) is 6.08. The molecule has 3 aliphatic heterocycles. The van der Waals surface area contributed by atoms with Gasteiger partial charge in [0.1, 0.15) is 16.6 Å². The van der Waals surface area contributed by atoms with Gasteiger partial charge in [-0.25, -0.2) is 0 Å². The Bertz CT molecular complexity index is 1000. The van der Waals surface area contributed by atoms with Gasteiger partial charge in [-0.05, 0) is 24.3 Å². The predicted octanol–water partition coefficient (Wildman–Crippen LogP) is 2.72. The van der Waals surface area contributed by atoms with Gasteiger partial charge in [0, 0.05) is 17.5 Å². The molecule has 0 aliphatic carbocycles. The van der Waals surface area contributed by atoms with Gasteiger partial charge in [0.2, 0.25) is 0 Å². The van der Waals surface area contributed by atoms with Crippen molar-refractivity contribution < 1.29 is 0 Å². The van der Waals surface area contributed by atoms with Crippen LogP contribution in [0.4, 0.5) is 11.4 Å². The highest BCUT2D eigenvalue weighted by atomic mass is 32.1. The Hall–Kier alpha value is -3.04. The van der Waals surface area contributed by atoms with E-state index < -0.39 is 0 Å². The number of benzene rings is 1. The smallest absolute Gasteiger partial charge is 0.131 e. The van der Waals surface area contributed by atoms with Crippen molar-refractivity contribution >= 4 is 34.4 Å². The molecule has 0 bridgehead atoms. The fourth-order valence-corrected chi connectivity index (χ4v) is 4.06. The average molecular weight is 317 g/mol. The summed E-state index contributed by atoms with van der Waals surface area (Å²) in [5.74, 6) is 1.15. The Morgan fingerprint density at radius 1 is 1.22 bits per heavy atom. The van der Waals surface area contributed by atoms with Crippen LogP contribution in [-0.2, 0) is 0 Å². The topological polar surface area (TPSA) is 70.0 Å². The Morgan fingerprint density at radius 2 is 2.04 bits per heavy atom. The van der Waals surface area contributed by atoms with E-state index in [1.54, 1.807) is 0 Å². The second kappa shape index (κ2) is 4.03. The first kappa shape index (κ1) is 12.5. The SMILES string of the molecule is N#CC1=C2Nc3ccccc3N2C(=S)C2=C(N)n3cccc3C12.